The number of nitrogens with zero attached hydrogens (tertiary/aromatic N) is 4. The van der Waals surface area contributed by atoms with Gasteiger partial charge in [-0.1, -0.05) is 35.5 Å². The molecular weight excluding hydrogens is 404 g/mol. The van der Waals surface area contributed by atoms with E-state index in [2.05, 4.69) is 9.88 Å². The second kappa shape index (κ2) is 9.81. The van der Waals surface area contributed by atoms with Crippen molar-refractivity contribution < 1.29 is 4.79 Å². The van der Waals surface area contributed by atoms with E-state index in [0.29, 0.717) is 10.3 Å². The van der Waals surface area contributed by atoms with Gasteiger partial charge >= 0.3 is 0 Å². The van der Waals surface area contributed by atoms with E-state index in [-0.39, 0.29) is 5.91 Å². The normalized spacial score (nSPS) is 17.4. The number of carbonyl (C=O) groups is 1. The van der Waals surface area contributed by atoms with Crippen molar-refractivity contribution in [2.75, 3.05) is 31.1 Å². The van der Waals surface area contributed by atoms with Crippen LogP contribution in [0.5, 0.6) is 0 Å². The van der Waals surface area contributed by atoms with E-state index >= 15 is 0 Å². The molecule has 2 aromatic rings. The molecule has 2 fully saturated rings. The summed E-state index contributed by atoms with van der Waals surface area (Å²) in [5.74, 6) is 1.82. The van der Waals surface area contributed by atoms with Crippen LogP contribution >= 0.6 is 23.4 Å². The summed E-state index contributed by atoms with van der Waals surface area (Å²) in [6, 6.07) is 9.79. The van der Waals surface area contributed by atoms with Crippen LogP contribution in [-0.4, -0.2) is 47.0 Å². The number of hydrogen-bond acceptors (Lipinski definition) is 5. The molecule has 1 aromatic heterocycles. The van der Waals surface area contributed by atoms with Gasteiger partial charge < -0.3 is 9.80 Å². The Labute approximate surface area is 181 Å². The van der Waals surface area contributed by atoms with Crippen LogP contribution in [0.25, 0.3) is 0 Å². The average molecular weight is 431 g/mol. The highest BCUT2D eigenvalue weighted by Crippen LogP contribution is 2.26. The van der Waals surface area contributed by atoms with Crippen molar-refractivity contribution in [2.45, 2.75) is 49.4 Å². The third-order valence-electron chi connectivity index (χ3n) is 5.55. The fourth-order valence-corrected chi connectivity index (χ4v) is 4.94. The number of hydrogen-bond donors (Lipinski definition) is 0. The van der Waals surface area contributed by atoms with Crippen LogP contribution in [0.3, 0.4) is 0 Å². The van der Waals surface area contributed by atoms with Gasteiger partial charge in [0.1, 0.15) is 11.0 Å². The molecule has 4 rings (SSSR count). The van der Waals surface area contributed by atoms with E-state index in [4.69, 9.17) is 16.6 Å². The van der Waals surface area contributed by atoms with Crippen LogP contribution in [0.15, 0.2) is 35.5 Å². The predicted molar refractivity (Wildman–Crippen MR) is 119 cm³/mol. The molecule has 2 aliphatic heterocycles. The van der Waals surface area contributed by atoms with Crippen molar-refractivity contribution in [2.24, 2.45) is 0 Å². The van der Waals surface area contributed by atoms with Gasteiger partial charge in [0.05, 0.1) is 0 Å². The predicted octanol–water partition coefficient (Wildman–Crippen LogP) is 5.04. The Morgan fingerprint density at radius 1 is 0.931 bits per heavy atom. The molecule has 0 radical (unpaired) electrons. The number of likely N-dealkylation sites (tertiary alicyclic amines) is 1. The van der Waals surface area contributed by atoms with Crippen molar-refractivity contribution >= 4 is 35.1 Å². The zero-order valence-corrected chi connectivity index (χ0v) is 18.2. The summed E-state index contributed by atoms with van der Waals surface area (Å²) in [7, 11) is 0. The number of carbonyl (C=O) groups excluding carboxylic acids is 1. The molecule has 5 nitrogen and oxygen atoms in total. The van der Waals surface area contributed by atoms with Crippen LogP contribution in [0.4, 0.5) is 5.82 Å². The second-order valence-electron chi connectivity index (χ2n) is 7.72. The largest absolute Gasteiger partial charge is 0.356 e. The van der Waals surface area contributed by atoms with E-state index in [1.807, 2.05) is 35.2 Å². The van der Waals surface area contributed by atoms with Crippen molar-refractivity contribution in [3.63, 3.8) is 0 Å². The lowest BCUT2D eigenvalue weighted by Crippen LogP contribution is -2.35. The second-order valence-corrected chi connectivity index (χ2v) is 9.05. The molecule has 0 bridgehead atoms. The first-order valence-electron chi connectivity index (χ1n) is 10.5. The highest BCUT2D eigenvalue weighted by molar-refractivity contribution is 7.98. The summed E-state index contributed by atoms with van der Waals surface area (Å²) in [5.41, 5.74) is 1.92. The number of halogens is 1. The maximum absolute atomic E-state index is 12.6. The van der Waals surface area contributed by atoms with Crippen molar-refractivity contribution in [3.05, 3.63) is 46.6 Å². The van der Waals surface area contributed by atoms with Crippen molar-refractivity contribution in [1.82, 2.24) is 14.9 Å². The Kier molecular flexibility index (Phi) is 6.93. The summed E-state index contributed by atoms with van der Waals surface area (Å²) in [5, 5.41) is 1.19. The summed E-state index contributed by atoms with van der Waals surface area (Å²) < 4.78 is 0. The van der Waals surface area contributed by atoms with Gasteiger partial charge in [-0.3, -0.25) is 4.79 Å². The number of benzene rings is 1. The van der Waals surface area contributed by atoms with Gasteiger partial charge in [0.25, 0.3) is 5.91 Å². The molecule has 7 heteroatoms. The van der Waals surface area contributed by atoms with Crippen molar-refractivity contribution in [1.29, 1.82) is 0 Å². The molecule has 0 atom stereocenters. The van der Waals surface area contributed by atoms with Gasteiger partial charge in [-0.2, -0.15) is 0 Å². The number of aromatic nitrogens is 2. The highest BCUT2D eigenvalue weighted by Gasteiger charge is 2.18. The number of piperidine rings is 2. The molecule has 1 amide bonds. The summed E-state index contributed by atoms with van der Waals surface area (Å²) in [6.45, 7) is 3.82. The maximum Gasteiger partial charge on any atom is 0.253 e. The lowest BCUT2D eigenvalue weighted by atomic mass is 10.1. The molecule has 0 spiro atoms. The van der Waals surface area contributed by atoms with Crippen LogP contribution < -0.4 is 4.90 Å². The minimum Gasteiger partial charge on any atom is -0.356 e. The van der Waals surface area contributed by atoms with E-state index in [0.717, 1.165) is 61.7 Å². The molecule has 154 valence electrons. The molecule has 0 aliphatic carbocycles. The van der Waals surface area contributed by atoms with Gasteiger partial charge in [-0.15, -0.1) is 0 Å². The Balaban J connectivity index is 1.37. The van der Waals surface area contributed by atoms with Crippen LogP contribution in [-0.2, 0) is 5.75 Å². The highest BCUT2D eigenvalue weighted by atomic mass is 35.5. The summed E-state index contributed by atoms with van der Waals surface area (Å²) in [6.07, 6.45) is 7.14. The lowest BCUT2D eigenvalue weighted by molar-refractivity contribution is 0.0724. The number of amides is 1. The molecule has 2 aliphatic rings. The Hall–Kier alpha value is -1.79. The first-order chi connectivity index (χ1) is 14.2. The topological polar surface area (TPSA) is 49.3 Å². The summed E-state index contributed by atoms with van der Waals surface area (Å²) in [4.78, 5) is 26.0. The van der Waals surface area contributed by atoms with Crippen molar-refractivity contribution in [3.8, 4) is 0 Å². The zero-order valence-electron chi connectivity index (χ0n) is 16.6. The first kappa shape index (κ1) is 20.5. The molecule has 1 aromatic carbocycles. The standard InChI is InChI=1S/C22H27ClN4OS/c23-19-15-20(26-11-3-1-4-12-26)25-22(24-19)29-16-17-7-9-18(10-8-17)21(28)27-13-5-2-6-14-27/h7-10,15H,1-6,11-14,16H2. The molecule has 0 saturated carbocycles. The Bertz CT molecular complexity index is 833. The molecule has 3 heterocycles. The summed E-state index contributed by atoms with van der Waals surface area (Å²) >= 11 is 7.83. The SMILES string of the molecule is O=C(c1ccc(CSc2nc(Cl)cc(N3CCCCC3)n2)cc1)N1CCCCC1. The van der Waals surface area contributed by atoms with E-state index in [9.17, 15) is 4.79 Å². The van der Waals surface area contributed by atoms with Crippen LogP contribution in [0.1, 0.15) is 54.4 Å². The minimum atomic E-state index is 0.147. The van der Waals surface area contributed by atoms with Gasteiger partial charge in [-0.05, 0) is 56.2 Å². The fraction of sp³-hybridized carbons (Fsp3) is 0.500. The minimum absolute atomic E-state index is 0.147. The quantitative estimate of drug-likeness (QED) is 0.378. The fourth-order valence-electron chi connectivity index (χ4n) is 3.91. The van der Waals surface area contributed by atoms with Gasteiger partial charge in [0, 0.05) is 43.6 Å². The Morgan fingerprint density at radius 3 is 2.28 bits per heavy atom. The van der Waals surface area contributed by atoms with Gasteiger partial charge in [-0.25, -0.2) is 9.97 Å². The first-order valence-corrected chi connectivity index (χ1v) is 11.9. The zero-order chi connectivity index (χ0) is 20.1. The number of rotatable bonds is 5. The maximum atomic E-state index is 12.6. The third kappa shape index (κ3) is 5.43. The van der Waals surface area contributed by atoms with E-state index in [1.54, 1.807) is 11.8 Å². The van der Waals surface area contributed by atoms with Crippen LogP contribution in [0.2, 0.25) is 5.15 Å². The number of anilines is 1. The lowest BCUT2D eigenvalue weighted by Gasteiger charge is -2.27. The third-order valence-corrected chi connectivity index (χ3v) is 6.67. The van der Waals surface area contributed by atoms with Crippen LogP contribution in [0, 0.1) is 0 Å². The monoisotopic (exact) mass is 430 g/mol. The molecule has 2 saturated heterocycles. The molecule has 0 unspecified atom stereocenters. The molecule has 0 N–H and O–H groups in total. The van der Waals surface area contributed by atoms with Gasteiger partial charge in [0.2, 0.25) is 0 Å². The number of thioether (sulfide) groups is 1. The molecule has 29 heavy (non-hydrogen) atoms. The molecular formula is C22H27ClN4OS. The Morgan fingerprint density at radius 2 is 1.59 bits per heavy atom. The smallest absolute Gasteiger partial charge is 0.253 e. The van der Waals surface area contributed by atoms with E-state index < -0.39 is 0 Å². The van der Waals surface area contributed by atoms with E-state index in [1.165, 1.54) is 25.7 Å². The van der Waals surface area contributed by atoms with Gasteiger partial charge in [0.15, 0.2) is 5.16 Å². The average Bonchev–Trinajstić information content (AvgIpc) is 2.78.